The highest BCUT2D eigenvalue weighted by atomic mass is 32.1. The van der Waals surface area contributed by atoms with Crippen molar-refractivity contribution >= 4 is 51.6 Å². The molecule has 4 N–H and O–H groups in total. The first kappa shape index (κ1) is 31.1. The molecule has 0 aliphatic rings. The second-order valence-corrected chi connectivity index (χ2v) is 9.73. The summed E-state index contributed by atoms with van der Waals surface area (Å²) in [7, 11) is 3.80. The smallest absolute Gasteiger partial charge is 0.314 e. The first-order valence-corrected chi connectivity index (χ1v) is 13.3. The molecule has 0 atom stereocenters. The van der Waals surface area contributed by atoms with Crippen LogP contribution in [0.4, 0.5) is 11.4 Å². The molecule has 0 saturated heterocycles. The van der Waals surface area contributed by atoms with Crippen molar-refractivity contribution < 1.29 is 29.0 Å². The molecule has 0 fully saturated rings. The number of hydrogen-bond donors (Lipinski definition) is 3. The minimum absolute atomic E-state index is 0.269. The number of methoxy groups -OCH3 is 1. The SMILES string of the molecule is COc1cccc(N(C(N)=S)c2ccc3oc(C)c(CCN(C)CCc4ccncc4)c3c2)c1.O=C(O)CC(=O)O. The molecule has 41 heavy (non-hydrogen) atoms. The topological polar surface area (TPSA) is 142 Å². The van der Waals surface area contributed by atoms with Crippen LogP contribution < -0.4 is 15.4 Å². The van der Waals surface area contributed by atoms with Gasteiger partial charge in [0.05, 0.1) is 12.8 Å². The van der Waals surface area contributed by atoms with Gasteiger partial charge in [-0.3, -0.25) is 19.5 Å². The highest BCUT2D eigenvalue weighted by Crippen LogP contribution is 2.34. The lowest BCUT2D eigenvalue weighted by Gasteiger charge is -2.23. The number of anilines is 2. The quantitative estimate of drug-likeness (QED) is 0.167. The van der Waals surface area contributed by atoms with Crippen LogP contribution in [0.25, 0.3) is 11.0 Å². The number of aryl methyl sites for hydroxylation is 1. The summed E-state index contributed by atoms with van der Waals surface area (Å²) in [6, 6.07) is 17.9. The number of carboxylic acids is 2. The summed E-state index contributed by atoms with van der Waals surface area (Å²) >= 11 is 5.40. The third-order valence-electron chi connectivity index (χ3n) is 6.34. The molecule has 2 aromatic heterocycles. The number of nitrogens with two attached hydrogens (primary N) is 1. The lowest BCUT2D eigenvalue weighted by molar-refractivity contribution is -0.147. The summed E-state index contributed by atoms with van der Waals surface area (Å²) in [5.41, 5.74) is 11.3. The number of hydrogen-bond acceptors (Lipinski definition) is 7. The van der Waals surface area contributed by atoms with Gasteiger partial charge in [0.2, 0.25) is 0 Å². The van der Waals surface area contributed by atoms with Gasteiger partial charge in [0.1, 0.15) is 23.5 Å². The second-order valence-electron chi connectivity index (χ2n) is 9.32. The zero-order valence-electron chi connectivity index (χ0n) is 23.2. The van der Waals surface area contributed by atoms with Crippen LogP contribution in [0.5, 0.6) is 5.75 Å². The fourth-order valence-electron chi connectivity index (χ4n) is 4.28. The van der Waals surface area contributed by atoms with Gasteiger partial charge >= 0.3 is 11.9 Å². The van der Waals surface area contributed by atoms with E-state index in [4.69, 9.17) is 37.3 Å². The van der Waals surface area contributed by atoms with Crippen LogP contribution in [-0.4, -0.2) is 64.4 Å². The van der Waals surface area contributed by atoms with Gasteiger partial charge in [0, 0.05) is 48.2 Å². The summed E-state index contributed by atoms with van der Waals surface area (Å²) in [5.74, 6) is -0.938. The van der Waals surface area contributed by atoms with E-state index in [-0.39, 0.29) is 5.11 Å². The maximum atomic E-state index is 9.43. The monoisotopic (exact) mass is 578 g/mol. The molecule has 0 bridgehead atoms. The van der Waals surface area contributed by atoms with Crippen LogP contribution in [0.15, 0.2) is 71.4 Å². The number of aromatic nitrogens is 1. The normalized spacial score (nSPS) is 10.6. The molecule has 0 aliphatic carbocycles. The van der Waals surface area contributed by atoms with E-state index >= 15 is 0 Å². The standard InChI is InChI=1S/C27H30N4O2S.C3H4O4/c1-19-24(12-16-30(2)15-11-20-9-13-29-14-10-20)25-18-22(7-8-26(25)33-19)31(27(28)34)21-5-4-6-23(17-21)32-3;4-2(5)1-3(6)7/h4-10,13-14,17-18H,11-12,15-16H2,1-3H3,(H2,28,34);1H2,(H,4,5)(H,6,7). The van der Waals surface area contributed by atoms with E-state index in [9.17, 15) is 9.59 Å². The Balaban J connectivity index is 0.000000587. The van der Waals surface area contributed by atoms with Crippen molar-refractivity contribution in [1.29, 1.82) is 0 Å². The van der Waals surface area contributed by atoms with E-state index < -0.39 is 18.4 Å². The van der Waals surface area contributed by atoms with E-state index in [0.29, 0.717) is 0 Å². The molecule has 0 amide bonds. The maximum absolute atomic E-state index is 9.43. The predicted octanol–water partition coefficient (Wildman–Crippen LogP) is 4.79. The number of furan rings is 1. The van der Waals surface area contributed by atoms with Crippen LogP contribution >= 0.6 is 12.2 Å². The number of nitrogens with zero attached hydrogens (tertiary/aromatic N) is 3. The number of pyridine rings is 1. The van der Waals surface area contributed by atoms with Gasteiger partial charge in [-0.05, 0) is 87.1 Å². The molecule has 0 spiro atoms. The van der Waals surface area contributed by atoms with E-state index in [1.54, 1.807) is 7.11 Å². The number of rotatable bonds is 11. The molecular weight excluding hydrogens is 544 g/mol. The van der Waals surface area contributed by atoms with Crippen molar-refractivity contribution in [2.45, 2.75) is 26.2 Å². The number of carboxylic acid groups (broad SMARTS) is 2. The number of thiocarbonyl (C=S) groups is 1. The van der Waals surface area contributed by atoms with Gasteiger partial charge in [-0.25, -0.2) is 0 Å². The Labute approximate surface area is 244 Å². The van der Waals surface area contributed by atoms with Gasteiger partial charge in [0.25, 0.3) is 0 Å². The second kappa shape index (κ2) is 14.8. The Morgan fingerprint density at radius 3 is 2.27 bits per heavy atom. The minimum Gasteiger partial charge on any atom is -0.497 e. The number of fused-ring (bicyclic) bond motifs is 1. The molecule has 2 aromatic carbocycles. The number of carbonyl (C=O) groups is 2. The molecule has 0 radical (unpaired) electrons. The molecule has 2 heterocycles. The zero-order valence-corrected chi connectivity index (χ0v) is 24.1. The van der Waals surface area contributed by atoms with Crippen LogP contribution in [0.1, 0.15) is 23.3 Å². The molecule has 0 saturated carbocycles. The average molecular weight is 579 g/mol. The Morgan fingerprint density at radius 2 is 1.66 bits per heavy atom. The van der Waals surface area contributed by atoms with Crippen molar-refractivity contribution in [1.82, 2.24) is 9.88 Å². The van der Waals surface area contributed by atoms with Gasteiger partial charge in [-0.2, -0.15) is 0 Å². The number of aliphatic carboxylic acids is 2. The molecule has 11 heteroatoms. The molecule has 4 aromatic rings. The number of ether oxygens (including phenoxy) is 1. The summed E-state index contributed by atoms with van der Waals surface area (Å²) < 4.78 is 11.5. The van der Waals surface area contributed by atoms with Crippen molar-refractivity contribution in [2.24, 2.45) is 5.73 Å². The van der Waals surface area contributed by atoms with Gasteiger partial charge < -0.3 is 30.0 Å². The molecule has 0 unspecified atom stereocenters. The molecule has 216 valence electrons. The van der Waals surface area contributed by atoms with Gasteiger partial charge in [0.15, 0.2) is 5.11 Å². The zero-order chi connectivity index (χ0) is 29.9. The summed E-state index contributed by atoms with van der Waals surface area (Å²) in [6.45, 7) is 3.94. The Hall–Kier alpha value is -4.48. The van der Waals surface area contributed by atoms with Gasteiger partial charge in [-0.15, -0.1) is 0 Å². The van der Waals surface area contributed by atoms with Crippen molar-refractivity contribution in [3.63, 3.8) is 0 Å². The van der Waals surface area contributed by atoms with Crippen LogP contribution in [-0.2, 0) is 22.4 Å². The Morgan fingerprint density at radius 1 is 1.00 bits per heavy atom. The molecule has 10 nitrogen and oxygen atoms in total. The first-order chi connectivity index (χ1) is 19.6. The molecule has 4 rings (SSSR count). The highest BCUT2D eigenvalue weighted by Gasteiger charge is 2.17. The highest BCUT2D eigenvalue weighted by molar-refractivity contribution is 7.80. The van der Waals surface area contributed by atoms with Crippen molar-refractivity contribution in [3.05, 3.63) is 83.9 Å². The summed E-state index contributed by atoms with van der Waals surface area (Å²) in [4.78, 5) is 27.1. The third-order valence-corrected chi connectivity index (χ3v) is 6.53. The Bertz CT molecular complexity index is 1480. The predicted molar refractivity (Wildman–Crippen MR) is 162 cm³/mol. The Kier molecular flexibility index (Phi) is 11.2. The maximum Gasteiger partial charge on any atom is 0.314 e. The largest absolute Gasteiger partial charge is 0.497 e. The lowest BCUT2D eigenvalue weighted by atomic mass is 10.1. The number of benzene rings is 2. The molecule has 0 aliphatic heterocycles. The van der Waals surface area contributed by atoms with Crippen molar-refractivity contribution in [3.8, 4) is 5.75 Å². The van der Waals surface area contributed by atoms with E-state index in [0.717, 1.165) is 59.8 Å². The van der Waals surface area contributed by atoms with Crippen LogP contribution in [0.2, 0.25) is 0 Å². The average Bonchev–Trinajstić information content (AvgIpc) is 3.25. The fraction of sp³-hybridized carbons (Fsp3) is 0.267. The minimum atomic E-state index is -1.31. The van der Waals surface area contributed by atoms with Crippen LogP contribution in [0.3, 0.4) is 0 Å². The third kappa shape index (κ3) is 9.02. The summed E-state index contributed by atoms with van der Waals surface area (Å²) in [6.07, 6.45) is 4.77. The number of likely N-dealkylation sites (N-methyl/N-ethyl adjacent to an activating group) is 1. The first-order valence-electron chi connectivity index (χ1n) is 12.9. The van der Waals surface area contributed by atoms with E-state index in [1.807, 2.05) is 60.6 Å². The van der Waals surface area contributed by atoms with Crippen LogP contribution in [0, 0.1) is 6.92 Å². The van der Waals surface area contributed by atoms with E-state index in [1.165, 1.54) is 11.1 Å². The summed E-state index contributed by atoms with van der Waals surface area (Å²) in [5, 5.41) is 16.8. The molecular formula is C30H34N4O6S. The van der Waals surface area contributed by atoms with E-state index in [2.05, 4.69) is 35.1 Å². The van der Waals surface area contributed by atoms with Gasteiger partial charge in [-0.1, -0.05) is 6.07 Å². The fourth-order valence-corrected chi connectivity index (χ4v) is 4.49. The lowest BCUT2D eigenvalue weighted by Crippen LogP contribution is -2.31. The van der Waals surface area contributed by atoms with Crippen molar-refractivity contribution in [2.75, 3.05) is 32.1 Å².